The Labute approximate surface area is 113 Å². The molecule has 1 aromatic carbocycles. The molecule has 0 aromatic heterocycles. The molecule has 2 rings (SSSR count). The minimum Gasteiger partial charge on any atom is -0.353 e. The predicted molar refractivity (Wildman–Crippen MR) is 74.8 cm³/mol. The van der Waals surface area contributed by atoms with Crippen LogP contribution in [0.4, 0.5) is 5.69 Å². The fourth-order valence-corrected chi connectivity index (χ4v) is 2.40. The minimum atomic E-state index is -0.259. The van der Waals surface area contributed by atoms with Crippen LogP contribution in [0.5, 0.6) is 0 Å². The van der Waals surface area contributed by atoms with Crippen LogP contribution in [0.15, 0.2) is 24.3 Å². The van der Waals surface area contributed by atoms with Crippen molar-refractivity contribution >= 4 is 17.5 Å². The third-order valence-corrected chi connectivity index (χ3v) is 3.46. The Bertz CT molecular complexity index is 465. The molecule has 102 valence electrons. The molecule has 0 radical (unpaired) electrons. The van der Waals surface area contributed by atoms with Crippen LogP contribution in [0, 0.1) is 6.92 Å². The minimum absolute atomic E-state index is 0.106. The molecule has 0 bridgehead atoms. The molecule has 1 fully saturated rings. The zero-order chi connectivity index (χ0) is 13.7. The van der Waals surface area contributed by atoms with Crippen LogP contribution in [0.1, 0.15) is 37.7 Å². The van der Waals surface area contributed by atoms with Crippen molar-refractivity contribution in [3.63, 3.8) is 0 Å². The average Bonchev–Trinajstić information content (AvgIpc) is 2.84. The van der Waals surface area contributed by atoms with Crippen LogP contribution in [0.3, 0.4) is 0 Å². The van der Waals surface area contributed by atoms with Crippen molar-refractivity contribution in [2.45, 2.75) is 45.1 Å². The molecule has 0 aliphatic heterocycles. The van der Waals surface area contributed by atoms with E-state index in [9.17, 15) is 9.59 Å². The third-order valence-electron chi connectivity index (χ3n) is 3.46. The van der Waals surface area contributed by atoms with E-state index < -0.39 is 0 Å². The Kier molecular flexibility index (Phi) is 4.55. The second-order valence-electron chi connectivity index (χ2n) is 5.09. The highest BCUT2D eigenvalue weighted by Gasteiger charge is 2.18. The van der Waals surface area contributed by atoms with E-state index in [0.29, 0.717) is 0 Å². The Morgan fingerprint density at radius 1 is 1.16 bits per heavy atom. The van der Waals surface area contributed by atoms with Gasteiger partial charge in [0.25, 0.3) is 0 Å². The highest BCUT2D eigenvalue weighted by molar-refractivity contribution is 6.03. The zero-order valence-electron chi connectivity index (χ0n) is 11.2. The fourth-order valence-electron chi connectivity index (χ4n) is 2.40. The van der Waals surface area contributed by atoms with E-state index >= 15 is 0 Å². The second-order valence-corrected chi connectivity index (χ2v) is 5.09. The number of carbonyl (C=O) groups is 2. The monoisotopic (exact) mass is 260 g/mol. The van der Waals surface area contributed by atoms with Gasteiger partial charge in [0.15, 0.2) is 0 Å². The summed E-state index contributed by atoms with van der Waals surface area (Å²) in [5, 5.41) is 5.68. The van der Waals surface area contributed by atoms with E-state index in [1.807, 2.05) is 31.2 Å². The van der Waals surface area contributed by atoms with E-state index in [1.165, 1.54) is 12.8 Å². The number of benzene rings is 1. The van der Waals surface area contributed by atoms with E-state index in [-0.39, 0.29) is 24.3 Å². The molecule has 1 aliphatic carbocycles. The largest absolute Gasteiger partial charge is 0.353 e. The number of rotatable bonds is 4. The summed E-state index contributed by atoms with van der Waals surface area (Å²) in [4.78, 5) is 23.5. The van der Waals surface area contributed by atoms with Crippen molar-refractivity contribution in [1.29, 1.82) is 0 Å². The maximum absolute atomic E-state index is 11.8. The molecule has 4 heteroatoms. The molecule has 1 aliphatic rings. The van der Waals surface area contributed by atoms with Crippen LogP contribution < -0.4 is 10.6 Å². The topological polar surface area (TPSA) is 58.2 Å². The van der Waals surface area contributed by atoms with Crippen molar-refractivity contribution in [3.8, 4) is 0 Å². The van der Waals surface area contributed by atoms with Gasteiger partial charge in [0.2, 0.25) is 11.8 Å². The molecule has 1 saturated carbocycles. The van der Waals surface area contributed by atoms with Gasteiger partial charge in [0.1, 0.15) is 6.42 Å². The molecule has 0 heterocycles. The second kappa shape index (κ2) is 6.36. The maximum Gasteiger partial charge on any atom is 0.233 e. The number of nitrogens with one attached hydrogen (secondary N) is 2. The summed E-state index contributed by atoms with van der Waals surface area (Å²) in [6.07, 6.45) is 4.29. The highest BCUT2D eigenvalue weighted by atomic mass is 16.2. The van der Waals surface area contributed by atoms with E-state index in [2.05, 4.69) is 10.6 Å². The van der Waals surface area contributed by atoms with Crippen molar-refractivity contribution < 1.29 is 9.59 Å². The first-order valence-electron chi connectivity index (χ1n) is 6.80. The molecule has 0 unspecified atom stereocenters. The predicted octanol–water partition coefficient (Wildman–Crippen LogP) is 2.38. The first-order chi connectivity index (χ1) is 9.15. The summed E-state index contributed by atoms with van der Waals surface area (Å²) < 4.78 is 0. The number of para-hydroxylation sites is 1. The number of hydrogen-bond acceptors (Lipinski definition) is 2. The van der Waals surface area contributed by atoms with Gasteiger partial charge < -0.3 is 10.6 Å². The Morgan fingerprint density at radius 3 is 2.53 bits per heavy atom. The van der Waals surface area contributed by atoms with E-state index in [4.69, 9.17) is 0 Å². The quantitative estimate of drug-likeness (QED) is 0.817. The molecule has 0 atom stereocenters. The van der Waals surface area contributed by atoms with Gasteiger partial charge in [-0.1, -0.05) is 31.0 Å². The van der Waals surface area contributed by atoms with Gasteiger partial charge in [-0.2, -0.15) is 0 Å². The van der Waals surface area contributed by atoms with Gasteiger partial charge in [0, 0.05) is 11.7 Å². The van der Waals surface area contributed by atoms with E-state index in [1.54, 1.807) is 0 Å². The summed E-state index contributed by atoms with van der Waals surface area (Å²) in [7, 11) is 0. The lowest BCUT2D eigenvalue weighted by atomic mass is 10.2. The maximum atomic E-state index is 11.8. The normalized spacial score (nSPS) is 15.2. The molecular weight excluding hydrogens is 240 g/mol. The summed E-state index contributed by atoms with van der Waals surface area (Å²) in [6.45, 7) is 1.92. The summed E-state index contributed by atoms with van der Waals surface area (Å²) in [5.74, 6) is -0.442. The smallest absolute Gasteiger partial charge is 0.233 e. The average molecular weight is 260 g/mol. The molecule has 2 amide bonds. The van der Waals surface area contributed by atoms with Gasteiger partial charge in [-0.25, -0.2) is 0 Å². The van der Waals surface area contributed by atoms with Crippen molar-refractivity contribution in [3.05, 3.63) is 29.8 Å². The number of amides is 2. The molecule has 0 spiro atoms. The van der Waals surface area contributed by atoms with Gasteiger partial charge in [-0.15, -0.1) is 0 Å². The number of aryl methyl sites for hydroxylation is 1. The number of hydrogen-bond donors (Lipinski definition) is 2. The van der Waals surface area contributed by atoms with E-state index in [0.717, 1.165) is 24.1 Å². The first kappa shape index (κ1) is 13.6. The van der Waals surface area contributed by atoms with Crippen molar-refractivity contribution in [2.75, 3.05) is 5.32 Å². The Balaban J connectivity index is 1.80. The summed E-state index contributed by atoms with van der Waals surface area (Å²) in [6, 6.07) is 7.80. The number of anilines is 1. The summed E-state index contributed by atoms with van der Waals surface area (Å²) in [5.41, 5.74) is 1.76. The lowest BCUT2D eigenvalue weighted by molar-refractivity contribution is -0.127. The molecular formula is C15H20N2O2. The van der Waals surface area contributed by atoms with Crippen LogP contribution >= 0.6 is 0 Å². The van der Waals surface area contributed by atoms with Crippen LogP contribution in [-0.2, 0) is 9.59 Å². The van der Waals surface area contributed by atoms with Crippen molar-refractivity contribution in [2.24, 2.45) is 0 Å². The van der Waals surface area contributed by atoms with Crippen LogP contribution in [0.2, 0.25) is 0 Å². The van der Waals surface area contributed by atoms with Crippen LogP contribution in [0.25, 0.3) is 0 Å². The molecule has 4 nitrogen and oxygen atoms in total. The fraction of sp³-hybridized carbons (Fsp3) is 0.467. The van der Waals surface area contributed by atoms with Gasteiger partial charge in [0.05, 0.1) is 0 Å². The number of carbonyl (C=O) groups excluding carboxylic acids is 2. The Morgan fingerprint density at radius 2 is 1.84 bits per heavy atom. The standard InChI is InChI=1S/C15H20N2O2/c1-11-6-2-5-9-13(11)17-15(19)10-14(18)16-12-7-3-4-8-12/h2,5-6,9,12H,3-4,7-8,10H2,1H3,(H,16,18)(H,17,19). The third kappa shape index (κ3) is 4.09. The lowest BCUT2D eigenvalue weighted by Crippen LogP contribution is -2.35. The molecule has 0 saturated heterocycles. The van der Waals surface area contributed by atoms with Gasteiger partial charge >= 0.3 is 0 Å². The van der Waals surface area contributed by atoms with Crippen molar-refractivity contribution in [1.82, 2.24) is 5.32 Å². The van der Waals surface area contributed by atoms with Gasteiger partial charge in [-0.05, 0) is 31.4 Å². The molecule has 2 N–H and O–H groups in total. The summed E-state index contributed by atoms with van der Waals surface area (Å²) >= 11 is 0. The SMILES string of the molecule is Cc1ccccc1NC(=O)CC(=O)NC1CCCC1. The molecule has 1 aromatic rings. The van der Waals surface area contributed by atoms with Gasteiger partial charge in [-0.3, -0.25) is 9.59 Å². The zero-order valence-corrected chi connectivity index (χ0v) is 11.2. The molecule has 19 heavy (non-hydrogen) atoms. The lowest BCUT2D eigenvalue weighted by Gasteiger charge is -2.12. The first-order valence-corrected chi connectivity index (χ1v) is 6.80. The van der Waals surface area contributed by atoms with Crippen LogP contribution in [-0.4, -0.2) is 17.9 Å². The Hall–Kier alpha value is -1.84. The highest BCUT2D eigenvalue weighted by Crippen LogP contribution is 2.18.